The van der Waals surface area contributed by atoms with E-state index in [9.17, 15) is 16.8 Å². The van der Waals surface area contributed by atoms with Gasteiger partial charge in [-0.05, 0) is 41.8 Å². The molecule has 0 aromatic heterocycles. The Bertz CT molecular complexity index is 918. The zero-order valence-corrected chi connectivity index (χ0v) is 14.3. The first-order valence-electron chi connectivity index (χ1n) is 6.77. The van der Waals surface area contributed by atoms with Crippen molar-refractivity contribution in [2.24, 2.45) is 5.14 Å². The summed E-state index contributed by atoms with van der Waals surface area (Å²) in [5.74, 6) is 0.379. The summed E-state index contributed by atoms with van der Waals surface area (Å²) in [5, 5.41) is 5.01. The molecule has 0 unspecified atom stereocenters. The molecular weight excluding hydrogens is 338 g/mol. The molecule has 0 atom stereocenters. The third kappa shape index (κ3) is 4.31. The fourth-order valence-electron chi connectivity index (χ4n) is 1.91. The molecule has 2 aromatic carbocycles. The fourth-order valence-corrected chi connectivity index (χ4v) is 3.51. The molecule has 0 aliphatic rings. The van der Waals surface area contributed by atoms with E-state index in [1.165, 1.54) is 24.3 Å². The number of rotatable bonds is 5. The summed E-state index contributed by atoms with van der Waals surface area (Å²) in [6.07, 6.45) is 0. The predicted molar refractivity (Wildman–Crippen MR) is 86.2 cm³/mol. The first-order valence-corrected chi connectivity index (χ1v) is 9.72. The summed E-state index contributed by atoms with van der Waals surface area (Å²) < 4.78 is 52.4. The lowest BCUT2D eigenvalue weighted by Gasteiger charge is -2.10. The van der Waals surface area contributed by atoms with Crippen molar-refractivity contribution in [2.75, 3.05) is 0 Å². The van der Waals surface area contributed by atoms with Gasteiger partial charge in [-0.25, -0.2) is 13.6 Å². The Hall–Kier alpha value is -1.90. The van der Waals surface area contributed by atoms with Gasteiger partial charge in [0.2, 0.25) is 10.0 Å². The summed E-state index contributed by atoms with van der Waals surface area (Å²) in [6.45, 7) is 3.95. The molecule has 6 nitrogen and oxygen atoms in total. The van der Waals surface area contributed by atoms with E-state index in [0.29, 0.717) is 0 Å². The lowest BCUT2D eigenvalue weighted by molar-refractivity contribution is 0.485. The average molecular weight is 355 g/mol. The number of hydrogen-bond acceptors (Lipinski definition) is 5. The SMILES string of the molecule is CC(C)c1cccc(OS(=O)(=O)c2cccc(S(N)(=O)=O)c2)c1. The molecule has 2 aromatic rings. The summed E-state index contributed by atoms with van der Waals surface area (Å²) in [6, 6.07) is 11.4. The number of primary sulfonamides is 1. The van der Waals surface area contributed by atoms with Crippen LogP contribution in [0, 0.1) is 0 Å². The van der Waals surface area contributed by atoms with Crippen LogP contribution in [-0.2, 0) is 20.1 Å². The maximum atomic E-state index is 12.3. The Morgan fingerprint density at radius 2 is 1.52 bits per heavy atom. The van der Waals surface area contributed by atoms with Crippen molar-refractivity contribution in [2.45, 2.75) is 29.6 Å². The molecule has 0 aliphatic carbocycles. The van der Waals surface area contributed by atoms with Crippen molar-refractivity contribution < 1.29 is 21.0 Å². The molecule has 8 heteroatoms. The minimum Gasteiger partial charge on any atom is -0.379 e. The van der Waals surface area contributed by atoms with Gasteiger partial charge in [0.15, 0.2) is 0 Å². The molecule has 0 radical (unpaired) electrons. The van der Waals surface area contributed by atoms with Gasteiger partial charge in [-0.2, -0.15) is 8.42 Å². The maximum Gasteiger partial charge on any atom is 0.339 e. The summed E-state index contributed by atoms with van der Waals surface area (Å²) >= 11 is 0. The summed E-state index contributed by atoms with van der Waals surface area (Å²) in [5.41, 5.74) is 0.927. The van der Waals surface area contributed by atoms with Crippen molar-refractivity contribution in [3.05, 3.63) is 54.1 Å². The van der Waals surface area contributed by atoms with Crippen LogP contribution in [0.15, 0.2) is 58.3 Å². The topological polar surface area (TPSA) is 104 Å². The van der Waals surface area contributed by atoms with Gasteiger partial charge < -0.3 is 4.18 Å². The third-order valence-electron chi connectivity index (χ3n) is 3.15. The van der Waals surface area contributed by atoms with Gasteiger partial charge in [-0.1, -0.05) is 32.0 Å². The van der Waals surface area contributed by atoms with Crippen molar-refractivity contribution in [1.29, 1.82) is 0 Å². The molecule has 0 amide bonds. The Morgan fingerprint density at radius 1 is 0.913 bits per heavy atom. The van der Waals surface area contributed by atoms with Gasteiger partial charge in [0.05, 0.1) is 4.90 Å². The second-order valence-corrected chi connectivity index (χ2v) is 8.39. The highest BCUT2D eigenvalue weighted by Gasteiger charge is 2.19. The summed E-state index contributed by atoms with van der Waals surface area (Å²) in [4.78, 5) is -0.572. The van der Waals surface area contributed by atoms with Crippen LogP contribution in [0.2, 0.25) is 0 Å². The van der Waals surface area contributed by atoms with Gasteiger partial charge in [0.1, 0.15) is 10.6 Å². The lowest BCUT2D eigenvalue weighted by atomic mass is 10.0. The quantitative estimate of drug-likeness (QED) is 0.828. The molecule has 124 valence electrons. The Kier molecular flexibility index (Phi) is 4.79. The van der Waals surface area contributed by atoms with E-state index >= 15 is 0 Å². The molecule has 0 saturated carbocycles. The van der Waals surface area contributed by atoms with E-state index in [-0.39, 0.29) is 21.5 Å². The molecule has 0 aliphatic heterocycles. The van der Waals surface area contributed by atoms with Crippen LogP contribution < -0.4 is 9.32 Å². The van der Waals surface area contributed by atoms with Crippen molar-refractivity contribution in [3.8, 4) is 5.75 Å². The van der Waals surface area contributed by atoms with E-state index in [2.05, 4.69) is 0 Å². The number of nitrogens with two attached hydrogens (primary N) is 1. The monoisotopic (exact) mass is 355 g/mol. The van der Waals surface area contributed by atoms with Crippen LogP contribution in [0.3, 0.4) is 0 Å². The highest BCUT2D eigenvalue weighted by Crippen LogP contribution is 2.24. The largest absolute Gasteiger partial charge is 0.379 e. The molecule has 0 heterocycles. The van der Waals surface area contributed by atoms with Crippen LogP contribution in [-0.4, -0.2) is 16.8 Å². The fraction of sp³-hybridized carbons (Fsp3) is 0.200. The zero-order valence-electron chi connectivity index (χ0n) is 12.6. The Labute approximate surface area is 136 Å². The molecule has 0 fully saturated rings. The van der Waals surface area contributed by atoms with E-state index < -0.39 is 20.1 Å². The van der Waals surface area contributed by atoms with Crippen LogP contribution in [0.25, 0.3) is 0 Å². The molecule has 23 heavy (non-hydrogen) atoms. The van der Waals surface area contributed by atoms with Gasteiger partial charge in [-0.3, -0.25) is 0 Å². The summed E-state index contributed by atoms with van der Waals surface area (Å²) in [7, 11) is -8.15. The third-order valence-corrected chi connectivity index (χ3v) is 5.31. The van der Waals surface area contributed by atoms with Crippen molar-refractivity contribution >= 4 is 20.1 Å². The highest BCUT2D eigenvalue weighted by atomic mass is 32.2. The van der Waals surface area contributed by atoms with Gasteiger partial charge in [0.25, 0.3) is 0 Å². The van der Waals surface area contributed by atoms with Gasteiger partial charge in [-0.15, -0.1) is 0 Å². The second-order valence-electron chi connectivity index (χ2n) is 5.28. The van der Waals surface area contributed by atoms with E-state index in [4.69, 9.17) is 9.32 Å². The Morgan fingerprint density at radius 3 is 2.13 bits per heavy atom. The predicted octanol–water partition coefficient (Wildman–Crippen LogP) is 2.23. The highest BCUT2D eigenvalue weighted by molar-refractivity contribution is 7.89. The van der Waals surface area contributed by atoms with Crippen LogP contribution in [0.1, 0.15) is 25.3 Å². The molecule has 2 N–H and O–H groups in total. The second kappa shape index (κ2) is 6.31. The van der Waals surface area contributed by atoms with Crippen LogP contribution >= 0.6 is 0 Å². The minimum absolute atomic E-state index is 0.164. The van der Waals surface area contributed by atoms with Crippen molar-refractivity contribution in [3.63, 3.8) is 0 Å². The number of hydrogen-bond donors (Lipinski definition) is 1. The van der Waals surface area contributed by atoms with Gasteiger partial charge in [0, 0.05) is 0 Å². The van der Waals surface area contributed by atoms with Crippen LogP contribution in [0.4, 0.5) is 0 Å². The van der Waals surface area contributed by atoms with Gasteiger partial charge >= 0.3 is 10.1 Å². The average Bonchev–Trinajstić information content (AvgIpc) is 2.46. The number of benzene rings is 2. The first-order chi connectivity index (χ1) is 10.6. The molecule has 0 saturated heterocycles. The van der Waals surface area contributed by atoms with Crippen LogP contribution in [0.5, 0.6) is 5.75 Å². The lowest BCUT2D eigenvalue weighted by Crippen LogP contribution is -2.14. The molecular formula is C15H17NO5S2. The van der Waals surface area contributed by atoms with E-state index in [1.54, 1.807) is 12.1 Å². The molecule has 0 spiro atoms. The van der Waals surface area contributed by atoms with E-state index in [1.807, 2.05) is 19.9 Å². The normalized spacial score (nSPS) is 12.3. The van der Waals surface area contributed by atoms with Crippen molar-refractivity contribution in [1.82, 2.24) is 0 Å². The zero-order chi connectivity index (χ0) is 17.3. The standard InChI is InChI=1S/C15H17NO5S2/c1-11(2)12-5-3-6-13(9-12)21-23(19,20)15-8-4-7-14(10-15)22(16,17)18/h3-11H,1-2H3,(H2,16,17,18). The van der Waals surface area contributed by atoms with E-state index in [0.717, 1.165) is 11.6 Å². The first kappa shape index (κ1) is 17.5. The molecule has 0 bridgehead atoms. The molecule has 2 rings (SSSR count). The maximum absolute atomic E-state index is 12.3. The smallest absolute Gasteiger partial charge is 0.339 e. The minimum atomic E-state index is -4.16. The number of sulfonamides is 1. The Balaban J connectivity index is 2.38.